The minimum absolute atomic E-state index is 0.128. The number of hydrogen-bond acceptors (Lipinski definition) is 5. The molecule has 0 saturated heterocycles. The van der Waals surface area contributed by atoms with Crippen LogP contribution in [0, 0.1) is 0 Å². The maximum absolute atomic E-state index is 11.6. The molecule has 0 aliphatic heterocycles. The molecule has 116 valence electrons. The zero-order valence-corrected chi connectivity index (χ0v) is 11.9. The summed E-state index contributed by atoms with van der Waals surface area (Å²) in [5, 5.41) is 13.8. The smallest absolute Gasteiger partial charge is 0.328 e. The molecule has 0 spiro atoms. The predicted molar refractivity (Wildman–Crippen MR) is 84.4 cm³/mol. The highest BCUT2D eigenvalue weighted by Gasteiger charge is 2.07. The average Bonchev–Trinajstić information content (AvgIpc) is 2.94. The van der Waals surface area contributed by atoms with E-state index in [0.29, 0.717) is 12.4 Å². The Morgan fingerprint density at radius 3 is 2.70 bits per heavy atom. The van der Waals surface area contributed by atoms with Crippen LogP contribution in [0.15, 0.2) is 57.2 Å². The van der Waals surface area contributed by atoms with Gasteiger partial charge in [-0.15, -0.1) is 0 Å². The van der Waals surface area contributed by atoms with Gasteiger partial charge in [0.2, 0.25) is 5.88 Å². The van der Waals surface area contributed by atoms with Crippen LogP contribution in [0.2, 0.25) is 0 Å². The van der Waals surface area contributed by atoms with Gasteiger partial charge in [-0.05, 0) is 5.56 Å². The van der Waals surface area contributed by atoms with Gasteiger partial charge in [0, 0.05) is 12.3 Å². The van der Waals surface area contributed by atoms with Crippen molar-refractivity contribution in [3.8, 4) is 5.88 Å². The highest BCUT2D eigenvalue weighted by atomic mass is 16.3. The summed E-state index contributed by atoms with van der Waals surface area (Å²) in [6, 6.07) is 11.4. The molecule has 8 nitrogen and oxygen atoms in total. The normalized spacial score (nSPS) is 11.1. The van der Waals surface area contributed by atoms with Crippen molar-refractivity contribution < 1.29 is 5.11 Å². The van der Waals surface area contributed by atoms with Gasteiger partial charge in [-0.3, -0.25) is 14.8 Å². The van der Waals surface area contributed by atoms with Crippen molar-refractivity contribution in [3.05, 3.63) is 74.6 Å². The molecular formula is C15H13N5O3. The molecule has 1 aromatic carbocycles. The van der Waals surface area contributed by atoms with Gasteiger partial charge in [0.05, 0.1) is 12.7 Å². The van der Waals surface area contributed by atoms with Gasteiger partial charge in [-0.25, -0.2) is 14.5 Å². The van der Waals surface area contributed by atoms with Crippen molar-refractivity contribution in [1.82, 2.24) is 19.7 Å². The largest absolute Gasteiger partial charge is 0.494 e. The maximum Gasteiger partial charge on any atom is 0.328 e. The fraction of sp³-hybridized carbons (Fsp3) is 0.0667. The van der Waals surface area contributed by atoms with Gasteiger partial charge in [0.15, 0.2) is 5.82 Å². The van der Waals surface area contributed by atoms with Crippen molar-refractivity contribution in [3.63, 3.8) is 0 Å². The fourth-order valence-electron chi connectivity index (χ4n) is 2.05. The van der Waals surface area contributed by atoms with Crippen LogP contribution in [-0.2, 0) is 6.54 Å². The monoisotopic (exact) mass is 311 g/mol. The first-order valence-corrected chi connectivity index (χ1v) is 6.79. The van der Waals surface area contributed by atoms with E-state index in [0.717, 1.165) is 5.56 Å². The molecule has 0 amide bonds. The molecule has 0 radical (unpaired) electrons. The molecule has 0 bridgehead atoms. The van der Waals surface area contributed by atoms with Crippen molar-refractivity contribution in [2.45, 2.75) is 6.54 Å². The Hall–Kier alpha value is -3.42. The summed E-state index contributed by atoms with van der Waals surface area (Å²) < 4.78 is 1.66. The lowest BCUT2D eigenvalue weighted by Gasteiger charge is -2.04. The first kappa shape index (κ1) is 14.5. The Morgan fingerprint density at radius 2 is 1.96 bits per heavy atom. The van der Waals surface area contributed by atoms with Gasteiger partial charge in [0.25, 0.3) is 5.56 Å². The van der Waals surface area contributed by atoms with E-state index in [4.69, 9.17) is 0 Å². The van der Waals surface area contributed by atoms with Crippen LogP contribution in [0.1, 0.15) is 11.1 Å². The van der Waals surface area contributed by atoms with Crippen LogP contribution in [0.3, 0.4) is 0 Å². The van der Waals surface area contributed by atoms with Crippen molar-refractivity contribution in [1.29, 1.82) is 0 Å². The number of aromatic amines is 2. The molecule has 0 aliphatic rings. The van der Waals surface area contributed by atoms with Crippen LogP contribution in [0.4, 0.5) is 5.82 Å². The minimum Gasteiger partial charge on any atom is -0.494 e. The van der Waals surface area contributed by atoms with Gasteiger partial charge in [-0.2, -0.15) is 5.10 Å². The molecule has 0 saturated carbocycles. The quantitative estimate of drug-likeness (QED) is 0.617. The van der Waals surface area contributed by atoms with E-state index in [-0.39, 0.29) is 5.56 Å². The lowest BCUT2D eigenvalue weighted by molar-refractivity contribution is 0.447. The number of nitrogens with zero attached hydrogens (tertiary/aromatic N) is 3. The Kier molecular flexibility index (Phi) is 3.88. The predicted octanol–water partition coefficient (Wildman–Crippen LogP) is 0.764. The van der Waals surface area contributed by atoms with E-state index in [1.807, 2.05) is 35.3 Å². The van der Waals surface area contributed by atoms with Crippen LogP contribution >= 0.6 is 0 Å². The van der Waals surface area contributed by atoms with Crippen LogP contribution in [0.5, 0.6) is 5.88 Å². The number of aliphatic imine (C=N–C) groups is 1. The van der Waals surface area contributed by atoms with Crippen molar-refractivity contribution >= 4 is 12.0 Å². The summed E-state index contributed by atoms with van der Waals surface area (Å²) in [5.41, 5.74) is -0.572. The molecule has 3 rings (SSSR count). The van der Waals surface area contributed by atoms with E-state index >= 15 is 0 Å². The molecule has 0 aliphatic carbocycles. The molecule has 0 fully saturated rings. The number of aromatic hydroxyl groups is 1. The number of nitrogens with one attached hydrogen (secondary N) is 2. The molecule has 8 heteroatoms. The van der Waals surface area contributed by atoms with Crippen LogP contribution in [0.25, 0.3) is 0 Å². The average molecular weight is 311 g/mol. The van der Waals surface area contributed by atoms with Crippen LogP contribution < -0.4 is 11.2 Å². The third kappa shape index (κ3) is 3.26. The number of H-pyrrole nitrogens is 2. The molecule has 23 heavy (non-hydrogen) atoms. The second kappa shape index (κ2) is 6.14. The number of aromatic nitrogens is 4. The topological polar surface area (TPSA) is 116 Å². The molecule has 0 atom stereocenters. The first-order chi connectivity index (χ1) is 11.1. The van der Waals surface area contributed by atoms with Crippen molar-refractivity contribution in [2.24, 2.45) is 4.99 Å². The Morgan fingerprint density at radius 1 is 1.17 bits per heavy atom. The zero-order chi connectivity index (χ0) is 16.2. The molecule has 2 aromatic heterocycles. The van der Waals surface area contributed by atoms with Gasteiger partial charge >= 0.3 is 5.69 Å². The van der Waals surface area contributed by atoms with E-state index in [1.165, 1.54) is 6.21 Å². The summed E-state index contributed by atoms with van der Waals surface area (Å²) in [5.74, 6) is -0.0181. The highest BCUT2D eigenvalue weighted by molar-refractivity contribution is 5.83. The summed E-state index contributed by atoms with van der Waals surface area (Å²) in [7, 11) is 0. The lowest BCUT2D eigenvalue weighted by atomic mass is 10.2. The van der Waals surface area contributed by atoms with E-state index < -0.39 is 17.1 Å². The standard InChI is InChI=1S/C15H13N5O3/c21-13-11(14(22)19-15(23)18-13)8-16-12-6-7-17-20(12)9-10-4-2-1-3-5-10/h1-8H,9H2,(H3,18,19,21,22,23). The maximum atomic E-state index is 11.6. The van der Waals surface area contributed by atoms with Crippen molar-refractivity contribution in [2.75, 3.05) is 0 Å². The molecular weight excluding hydrogens is 298 g/mol. The van der Waals surface area contributed by atoms with Gasteiger partial charge < -0.3 is 5.11 Å². The van der Waals surface area contributed by atoms with Gasteiger partial charge in [-0.1, -0.05) is 30.3 Å². The highest BCUT2D eigenvalue weighted by Crippen LogP contribution is 2.14. The Bertz CT molecular complexity index is 953. The SMILES string of the molecule is O=c1[nH]c(O)c(C=Nc2ccnn2Cc2ccccc2)c(=O)[nH]1. The minimum atomic E-state index is -0.779. The van der Waals surface area contributed by atoms with Crippen LogP contribution in [-0.4, -0.2) is 31.1 Å². The number of benzene rings is 1. The zero-order valence-electron chi connectivity index (χ0n) is 11.9. The fourth-order valence-corrected chi connectivity index (χ4v) is 2.05. The summed E-state index contributed by atoms with van der Waals surface area (Å²) >= 11 is 0. The third-order valence-corrected chi connectivity index (χ3v) is 3.15. The summed E-state index contributed by atoms with van der Waals surface area (Å²) in [4.78, 5) is 30.9. The number of rotatable bonds is 4. The van der Waals surface area contributed by atoms with Gasteiger partial charge in [0.1, 0.15) is 5.56 Å². The Balaban J connectivity index is 1.89. The Labute approximate surface area is 129 Å². The van der Waals surface area contributed by atoms with E-state index in [9.17, 15) is 14.7 Å². The first-order valence-electron chi connectivity index (χ1n) is 6.79. The molecule has 0 unspecified atom stereocenters. The molecule has 2 heterocycles. The molecule has 3 aromatic rings. The lowest BCUT2D eigenvalue weighted by Crippen LogP contribution is -2.24. The second-order valence-corrected chi connectivity index (χ2v) is 4.76. The summed E-state index contributed by atoms with van der Waals surface area (Å²) in [6.07, 6.45) is 2.77. The van der Waals surface area contributed by atoms with E-state index in [2.05, 4.69) is 15.1 Å². The summed E-state index contributed by atoms with van der Waals surface area (Å²) in [6.45, 7) is 0.522. The van der Waals surface area contributed by atoms with E-state index in [1.54, 1.807) is 16.9 Å². The third-order valence-electron chi connectivity index (χ3n) is 3.15. The second-order valence-electron chi connectivity index (χ2n) is 4.76. The molecule has 3 N–H and O–H groups in total. The number of hydrogen-bond donors (Lipinski definition) is 3.